The normalized spacial score (nSPS) is 11.3. The first-order chi connectivity index (χ1) is 17.9. The molecule has 0 atom stereocenters. The van der Waals surface area contributed by atoms with Gasteiger partial charge in [0.1, 0.15) is 23.0 Å². The third kappa shape index (κ3) is 6.34. The summed E-state index contributed by atoms with van der Waals surface area (Å²) in [5.74, 6) is -0.545. The van der Waals surface area contributed by atoms with Gasteiger partial charge in [-0.3, -0.25) is 19.7 Å². The highest BCUT2D eigenvalue weighted by Crippen LogP contribution is 2.24. The molecule has 2 amide bonds. The molecule has 0 bridgehead atoms. The molecule has 1 aromatic heterocycles. The number of aromatic hydroxyl groups is 1. The monoisotopic (exact) mass is 496 g/mol. The Labute approximate surface area is 210 Å². The van der Waals surface area contributed by atoms with Gasteiger partial charge in [0.25, 0.3) is 17.5 Å². The van der Waals surface area contributed by atoms with Crippen molar-refractivity contribution < 1.29 is 24.0 Å². The smallest absolute Gasteiger partial charge is 0.287 e. The third-order valence-corrected chi connectivity index (χ3v) is 5.11. The molecule has 4 rings (SSSR count). The molecule has 0 aliphatic rings. The zero-order valence-corrected chi connectivity index (χ0v) is 19.2. The summed E-state index contributed by atoms with van der Waals surface area (Å²) in [4.78, 5) is 35.8. The fourth-order valence-corrected chi connectivity index (χ4v) is 3.25. The van der Waals surface area contributed by atoms with E-state index in [1.165, 1.54) is 30.5 Å². The molecule has 184 valence electrons. The minimum Gasteiger partial charge on any atom is -0.507 e. The number of rotatable bonds is 8. The van der Waals surface area contributed by atoms with Crippen molar-refractivity contribution >= 4 is 29.8 Å². The summed E-state index contributed by atoms with van der Waals surface area (Å²) >= 11 is 0. The SMILES string of the molecule is O=C(N/N=C\c1ccc(-c2ccc([N+](=O)[O-])cc2)o1)/C(=C\c1ccccc1O)NC(=O)c1ccccc1. The maximum absolute atomic E-state index is 12.9. The van der Waals surface area contributed by atoms with Crippen molar-refractivity contribution in [2.75, 3.05) is 0 Å². The largest absolute Gasteiger partial charge is 0.507 e. The number of non-ortho nitro benzene ring substituents is 1. The van der Waals surface area contributed by atoms with Gasteiger partial charge in [-0.15, -0.1) is 0 Å². The van der Waals surface area contributed by atoms with E-state index in [0.29, 0.717) is 28.2 Å². The number of amides is 2. The molecule has 0 fully saturated rings. The number of hydrazone groups is 1. The molecule has 3 aromatic carbocycles. The summed E-state index contributed by atoms with van der Waals surface area (Å²) in [6.07, 6.45) is 2.60. The number of para-hydroxylation sites is 1. The van der Waals surface area contributed by atoms with Gasteiger partial charge in [-0.2, -0.15) is 5.10 Å². The lowest BCUT2D eigenvalue weighted by Crippen LogP contribution is -2.32. The molecule has 0 radical (unpaired) electrons. The molecule has 4 aromatic rings. The second-order valence-corrected chi connectivity index (χ2v) is 7.64. The van der Waals surface area contributed by atoms with E-state index >= 15 is 0 Å². The molecule has 3 N–H and O–H groups in total. The standard InChI is InChI=1S/C27H20N4O6/c32-24-9-5-4-8-20(24)16-23(29-26(33)19-6-2-1-3-7-19)27(34)30-28-17-22-14-15-25(37-22)18-10-12-21(13-11-18)31(35)36/h1-17,32H,(H,29,33)(H,30,34)/b23-16+,28-17-. The van der Waals surface area contributed by atoms with Crippen LogP contribution in [0.3, 0.4) is 0 Å². The van der Waals surface area contributed by atoms with Crippen LogP contribution in [0.15, 0.2) is 106 Å². The molecule has 0 spiro atoms. The van der Waals surface area contributed by atoms with Crippen LogP contribution in [-0.4, -0.2) is 28.1 Å². The number of carbonyl (C=O) groups excluding carboxylic acids is 2. The average Bonchev–Trinajstić information content (AvgIpc) is 3.39. The van der Waals surface area contributed by atoms with E-state index in [-0.39, 0.29) is 17.1 Å². The Kier molecular flexibility index (Phi) is 7.50. The predicted octanol–water partition coefficient (Wildman–Crippen LogP) is 4.48. The van der Waals surface area contributed by atoms with Gasteiger partial charge in [0.15, 0.2) is 0 Å². The number of nitrogens with one attached hydrogen (secondary N) is 2. The molecule has 10 nitrogen and oxygen atoms in total. The number of nitro groups is 1. The Bertz CT molecular complexity index is 1490. The lowest BCUT2D eigenvalue weighted by Gasteiger charge is -2.09. The Morgan fingerprint density at radius 2 is 1.62 bits per heavy atom. The second kappa shape index (κ2) is 11.3. The number of nitrogens with zero attached hydrogens (tertiary/aromatic N) is 2. The van der Waals surface area contributed by atoms with E-state index in [4.69, 9.17) is 4.42 Å². The number of phenolic OH excluding ortho intramolecular Hbond substituents is 1. The summed E-state index contributed by atoms with van der Waals surface area (Å²) in [6, 6.07) is 23.8. The highest BCUT2D eigenvalue weighted by molar-refractivity contribution is 6.05. The van der Waals surface area contributed by atoms with E-state index in [1.807, 2.05) is 0 Å². The second-order valence-electron chi connectivity index (χ2n) is 7.64. The molecule has 1 heterocycles. The number of hydrogen-bond donors (Lipinski definition) is 3. The summed E-state index contributed by atoms with van der Waals surface area (Å²) in [7, 11) is 0. The van der Waals surface area contributed by atoms with Gasteiger partial charge in [0.2, 0.25) is 0 Å². The first kappa shape index (κ1) is 24.6. The summed E-state index contributed by atoms with van der Waals surface area (Å²) in [5, 5.41) is 27.3. The van der Waals surface area contributed by atoms with E-state index in [9.17, 15) is 24.8 Å². The quantitative estimate of drug-likeness (QED) is 0.142. The summed E-state index contributed by atoms with van der Waals surface area (Å²) in [6.45, 7) is 0. The van der Waals surface area contributed by atoms with Crippen LogP contribution < -0.4 is 10.7 Å². The maximum Gasteiger partial charge on any atom is 0.287 e. The van der Waals surface area contributed by atoms with Gasteiger partial charge in [0, 0.05) is 28.8 Å². The number of nitro benzene ring substituents is 1. The van der Waals surface area contributed by atoms with E-state index in [0.717, 1.165) is 0 Å². The van der Waals surface area contributed by atoms with Crippen molar-refractivity contribution in [1.29, 1.82) is 0 Å². The maximum atomic E-state index is 12.9. The molecule has 0 unspecified atom stereocenters. The van der Waals surface area contributed by atoms with E-state index < -0.39 is 16.7 Å². The van der Waals surface area contributed by atoms with Crippen molar-refractivity contribution in [3.05, 3.63) is 124 Å². The van der Waals surface area contributed by atoms with Crippen LogP contribution in [-0.2, 0) is 4.79 Å². The molecule has 10 heteroatoms. The Morgan fingerprint density at radius 1 is 0.919 bits per heavy atom. The molecule has 0 aliphatic heterocycles. The minimum absolute atomic E-state index is 0.0353. The van der Waals surface area contributed by atoms with Crippen LogP contribution in [0.2, 0.25) is 0 Å². The molecule has 0 saturated carbocycles. The average molecular weight is 496 g/mol. The molecule has 37 heavy (non-hydrogen) atoms. The number of benzene rings is 3. The fourth-order valence-electron chi connectivity index (χ4n) is 3.25. The van der Waals surface area contributed by atoms with Gasteiger partial charge in [0.05, 0.1) is 11.1 Å². The van der Waals surface area contributed by atoms with E-state index in [2.05, 4.69) is 15.8 Å². The topological polar surface area (TPSA) is 147 Å². The van der Waals surface area contributed by atoms with Crippen molar-refractivity contribution in [2.45, 2.75) is 0 Å². The zero-order valence-electron chi connectivity index (χ0n) is 19.2. The number of hydrogen-bond acceptors (Lipinski definition) is 7. The molecular weight excluding hydrogens is 476 g/mol. The highest BCUT2D eigenvalue weighted by atomic mass is 16.6. The Balaban J connectivity index is 1.49. The lowest BCUT2D eigenvalue weighted by molar-refractivity contribution is -0.384. The number of furan rings is 1. The van der Waals surface area contributed by atoms with Crippen LogP contribution in [0, 0.1) is 10.1 Å². The van der Waals surface area contributed by atoms with Crippen molar-refractivity contribution in [3.8, 4) is 17.1 Å². The van der Waals surface area contributed by atoms with E-state index in [1.54, 1.807) is 72.8 Å². The molecule has 0 saturated heterocycles. The zero-order chi connectivity index (χ0) is 26.2. The highest BCUT2D eigenvalue weighted by Gasteiger charge is 2.15. The summed E-state index contributed by atoms with van der Waals surface area (Å²) in [5.41, 5.74) is 3.45. The number of carbonyl (C=O) groups is 2. The lowest BCUT2D eigenvalue weighted by atomic mass is 10.1. The van der Waals surface area contributed by atoms with Crippen molar-refractivity contribution in [3.63, 3.8) is 0 Å². The van der Waals surface area contributed by atoms with Crippen molar-refractivity contribution in [2.24, 2.45) is 5.10 Å². The van der Waals surface area contributed by atoms with Gasteiger partial charge < -0.3 is 14.8 Å². The summed E-state index contributed by atoms with van der Waals surface area (Å²) < 4.78 is 5.66. The van der Waals surface area contributed by atoms with Crippen LogP contribution in [0.5, 0.6) is 5.75 Å². The van der Waals surface area contributed by atoms with Gasteiger partial charge in [-0.1, -0.05) is 36.4 Å². The first-order valence-electron chi connectivity index (χ1n) is 10.9. The Morgan fingerprint density at radius 3 is 2.32 bits per heavy atom. The van der Waals surface area contributed by atoms with Crippen molar-refractivity contribution in [1.82, 2.24) is 10.7 Å². The van der Waals surface area contributed by atoms with Gasteiger partial charge in [-0.25, -0.2) is 5.43 Å². The van der Waals surface area contributed by atoms with Crippen LogP contribution >= 0.6 is 0 Å². The van der Waals surface area contributed by atoms with Gasteiger partial charge >= 0.3 is 0 Å². The Hall–Kier alpha value is -5.51. The molecular formula is C27H20N4O6. The molecule has 0 aliphatic carbocycles. The van der Waals surface area contributed by atoms with Crippen LogP contribution in [0.1, 0.15) is 21.7 Å². The fraction of sp³-hybridized carbons (Fsp3) is 0. The predicted molar refractivity (Wildman–Crippen MR) is 137 cm³/mol. The van der Waals surface area contributed by atoms with Crippen LogP contribution in [0.25, 0.3) is 17.4 Å². The van der Waals surface area contributed by atoms with Crippen LogP contribution in [0.4, 0.5) is 5.69 Å². The minimum atomic E-state index is -0.731. The first-order valence-corrected chi connectivity index (χ1v) is 10.9. The number of phenols is 1. The van der Waals surface area contributed by atoms with Gasteiger partial charge in [-0.05, 0) is 48.5 Å². The third-order valence-electron chi connectivity index (χ3n) is 5.11.